The number of rotatable bonds is 7. The van der Waals surface area contributed by atoms with Crippen molar-refractivity contribution in [3.8, 4) is 11.8 Å². The summed E-state index contributed by atoms with van der Waals surface area (Å²) in [5.41, 5.74) is 2.99. The monoisotopic (exact) mass is 360 g/mol. The van der Waals surface area contributed by atoms with Crippen LogP contribution in [0.5, 0.6) is 5.75 Å². The number of halogens is 1. The largest absolute Gasteiger partial charge is 0.489 e. The first kappa shape index (κ1) is 18.2. The summed E-state index contributed by atoms with van der Waals surface area (Å²) in [4.78, 5) is 5.26. The minimum atomic E-state index is -0.278. The van der Waals surface area contributed by atoms with Crippen LogP contribution in [0.3, 0.4) is 0 Å². The van der Waals surface area contributed by atoms with E-state index in [-0.39, 0.29) is 12.4 Å². The molecule has 0 spiro atoms. The molecule has 27 heavy (non-hydrogen) atoms. The lowest BCUT2D eigenvalue weighted by Crippen LogP contribution is -1.96. The van der Waals surface area contributed by atoms with Gasteiger partial charge in [0.2, 0.25) is 0 Å². The number of hydrogen-bond acceptors (Lipinski definition) is 4. The Morgan fingerprint density at radius 1 is 0.963 bits per heavy atom. The fourth-order valence-corrected chi connectivity index (χ4v) is 2.40. The van der Waals surface area contributed by atoms with Crippen molar-refractivity contribution in [1.82, 2.24) is 0 Å². The number of ether oxygens (including phenoxy) is 1. The van der Waals surface area contributed by atoms with E-state index in [1.807, 2.05) is 48.5 Å². The van der Waals surface area contributed by atoms with Crippen molar-refractivity contribution < 1.29 is 14.0 Å². The van der Waals surface area contributed by atoms with Crippen LogP contribution in [-0.2, 0) is 18.1 Å². The molecular weight excluding hydrogens is 343 g/mol. The van der Waals surface area contributed by atoms with E-state index in [0.717, 1.165) is 16.7 Å². The van der Waals surface area contributed by atoms with Gasteiger partial charge in [0, 0.05) is 5.56 Å². The van der Waals surface area contributed by atoms with E-state index in [1.165, 1.54) is 12.1 Å². The van der Waals surface area contributed by atoms with Gasteiger partial charge in [0.15, 0.2) is 0 Å². The molecule has 0 bridgehead atoms. The molecule has 0 amide bonds. The zero-order valence-corrected chi connectivity index (χ0v) is 14.5. The van der Waals surface area contributed by atoms with Crippen LogP contribution >= 0.6 is 0 Å². The van der Waals surface area contributed by atoms with Gasteiger partial charge in [-0.2, -0.15) is 5.26 Å². The Bertz CT molecular complexity index is 963. The number of hydrogen-bond donors (Lipinski definition) is 0. The van der Waals surface area contributed by atoms with Crippen LogP contribution in [0.1, 0.15) is 22.3 Å². The molecule has 3 rings (SSSR count). The molecule has 0 fully saturated rings. The molecule has 5 heteroatoms. The first-order chi connectivity index (χ1) is 13.2. The molecule has 0 atom stereocenters. The van der Waals surface area contributed by atoms with Crippen LogP contribution in [0, 0.1) is 17.1 Å². The molecule has 0 aliphatic heterocycles. The Morgan fingerprint density at radius 2 is 1.78 bits per heavy atom. The second-order valence-corrected chi connectivity index (χ2v) is 5.76. The maximum Gasteiger partial charge on any atom is 0.143 e. The standard InChI is InChI=1S/C22H17FN2O2/c23-21-7-3-4-18(12-21)15-26-22-10-8-17(9-11-22)14-25-27-16-20-6-2-1-5-19(20)13-24/h1-12,14H,15-16H2/b25-14-. The van der Waals surface area contributed by atoms with Crippen LogP contribution in [0.2, 0.25) is 0 Å². The van der Waals surface area contributed by atoms with E-state index in [9.17, 15) is 4.39 Å². The van der Waals surface area contributed by atoms with E-state index in [0.29, 0.717) is 17.9 Å². The predicted molar refractivity (Wildman–Crippen MR) is 101 cm³/mol. The minimum absolute atomic E-state index is 0.231. The Labute approximate surface area is 157 Å². The molecule has 0 heterocycles. The maximum absolute atomic E-state index is 13.1. The molecule has 3 aromatic rings. The molecule has 0 unspecified atom stereocenters. The van der Waals surface area contributed by atoms with E-state index < -0.39 is 0 Å². The first-order valence-corrected chi connectivity index (χ1v) is 8.35. The maximum atomic E-state index is 13.1. The fourth-order valence-electron chi connectivity index (χ4n) is 2.40. The lowest BCUT2D eigenvalue weighted by molar-refractivity contribution is 0.132. The molecule has 0 saturated carbocycles. The van der Waals surface area contributed by atoms with Crippen LogP contribution in [0.25, 0.3) is 0 Å². The molecule has 0 aliphatic rings. The summed E-state index contributed by atoms with van der Waals surface area (Å²) in [6.07, 6.45) is 1.59. The Hall–Kier alpha value is -3.65. The highest BCUT2D eigenvalue weighted by molar-refractivity contribution is 5.79. The highest BCUT2D eigenvalue weighted by Gasteiger charge is 2.00. The van der Waals surface area contributed by atoms with Crippen LogP contribution < -0.4 is 4.74 Å². The summed E-state index contributed by atoms with van der Waals surface area (Å²) in [5, 5.41) is 13.0. The minimum Gasteiger partial charge on any atom is -0.489 e. The summed E-state index contributed by atoms with van der Waals surface area (Å²) in [5.74, 6) is 0.403. The highest BCUT2D eigenvalue weighted by atomic mass is 19.1. The molecule has 3 aromatic carbocycles. The second kappa shape index (κ2) is 9.16. The van der Waals surface area contributed by atoms with Gasteiger partial charge in [-0.25, -0.2) is 4.39 Å². The van der Waals surface area contributed by atoms with E-state index in [2.05, 4.69) is 11.2 Å². The fraction of sp³-hybridized carbons (Fsp3) is 0.0909. The summed E-state index contributed by atoms with van der Waals surface area (Å²) in [6.45, 7) is 0.529. The Morgan fingerprint density at radius 3 is 2.56 bits per heavy atom. The molecule has 0 aliphatic carbocycles. The van der Waals surface area contributed by atoms with Crippen molar-refractivity contribution >= 4 is 6.21 Å². The molecule has 0 saturated heterocycles. The SMILES string of the molecule is N#Cc1ccccc1CO/N=C\c1ccc(OCc2cccc(F)c2)cc1. The van der Waals surface area contributed by atoms with Gasteiger partial charge in [0.1, 0.15) is 24.8 Å². The smallest absolute Gasteiger partial charge is 0.143 e. The van der Waals surface area contributed by atoms with Crippen molar-refractivity contribution in [3.05, 3.63) is 101 Å². The zero-order chi connectivity index (χ0) is 18.9. The zero-order valence-electron chi connectivity index (χ0n) is 14.5. The van der Waals surface area contributed by atoms with Crippen molar-refractivity contribution in [1.29, 1.82) is 5.26 Å². The lowest BCUT2D eigenvalue weighted by atomic mass is 10.1. The Kier molecular flexibility index (Phi) is 6.16. The third kappa shape index (κ3) is 5.41. The van der Waals surface area contributed by atoms with Crippen molar-refractivity contribution in [3.63, 3.8) is 0 Å². The van der Waals surface area contributed by atoms with Crippen molar-refractivity contribution in [2.75, 3.05) is 0 Å². The summed E-state index contributed by atoms with van der Waals surface area (Å²) in [7, 11) is 0. The van der Waals surface area contributed by atoms with Gasteiger partial charge in [-0.05, 0) is 53.6 Å². The summed E-state index contributed by atoms with van der Waals surface area (Å²) in [6, 6.07) is 23.0. The third-order valence-corrected chi connectivity index (χ3v) is 3.81. The molecule has 0 radical (unpaired) electrons. The van der Waals surface area contributed by atoms with Crippen molar-refractivity contribution in [2.45, 2.75) is 13.2 Å². The molecule has 0 aromatic heterocycles. The number of nitriles is 1. The average molecular weight is 360 g/mol. The number of benzene rings is 3. The third-order valence-electron chi connectivity index (χ3n) is 3.81. The molecule has 0 N–H and O–H groups in total. The quantitative estimate of drug-likeness (QED) is 0.448. The van der Waals surface area contributed by atoms with Gasteiger partial charge in [-0.15, -0.1) is 0 Å². The van der Waals surface area contributed by atoms with Gasteiger partial charge >= 0.3 is 0 Å². The van der Waals surface area contributed by atoms with Crippen LogP contribution in [-0.4, -0.2) is 6.21 Å². The summed E-state index contributed by atoms with van der Waals surface area (Å²) >= 11 is 0. The molecular formula is C22H17FN2O2. The second-order valence-electron chi connectivity index (χ2n) is 5.76. The topological polar surface area (TPSA) is 54.6 Å². The van der Waals surface area contributed by atoms with E-state index in [1.54, 1.807) is 18.3 Å². The van der Waals surface area contributed by atoms with Crippen molar-refractivity contribution in [2.24, 2.45) is 5.16 Å². The normalized spacial score (nSPS) is 10.5. The van der Waals surface area contributed by atoms with Crippen LogP contribution in [0.4, 0.5) is 4.39 Å². The van der Waals surface area contributed by atoms with Gasteiger partial charge in [-0.1, -0.05) is 35.5 Å². The van der Waals surface area contributed by atoms with Gasteiger partial charge in [0.25, 0.3) is 0 Å². The molecule has 134 valence electrons. The average Bonchev–Trinajstić information content (AvgIpc) is 2.71. The Balaban J connectivity index is 1.50. The first-order valence-electron chi connectivity index (χ1n) is 8.35. The predicted octanol–water partition coefficient (Wildman–Crippen LogP) is 4.83. The van der Waals surface area contributed by atoms with Gasteiger partial charge < -0.3 is 9.57 Å². The van der Waals surface area contributed by atoms with E-state index >= 15 is 0 Å². The number of nitrogens with zero attached hydrogens (tertiary/aromatic N) is 2. The molecule has 4 nitrogen and oxygen atoms in total. The number of oxime groups is 1. The lowest BCUT2D eigenvalue weighted by Gasteiger charge is -2.06. The highest BCUT2D eigenvalue weighted by Crippen LogP contribution is 2.14. The van der Waals surface area contributed by atoms with Gasteiger partial charge in [0.05, 0.1) is 17.8 Å². The van der Waals surface area contributed by atoms with Crippen LogP contribution in [0.15, 0.2) is 78.0 Å². The summed E-state index contributed by atoms with van der Waals surface area (Å²) < 4.78 is 18.8. The van der Waals surface area contributed by atoms with Gasteiger partial charge in [-0.3, -0.25) is 0 Å². The van der Waals surface area contributed by atoms with E-state index in [4.69, 9.17) is 14.8 Å².